The van der Waals surface area contributed by atoms with E-state index >= 15 is 0 Å². The van der Waals surface area contributed by atoms with Crippen LogP contribution in [0.1, 0.15) is 32.2 Å². The third-order valence-electron chi connectivity index (χ3n) is 1.41. The van der Waals surface area contributed by atoms with Gasteiger partial charge in [-0.05, 0) is 0 Å². The van der Waals surface area contributed by atoms with Crippen LogP contribution in [0.5, 0.6) is 0 Å². The van der Waals surface area contributed by atoms with E-state index in [1.54, 1.807) is 6.07 Å². The van der Waals surface area contributed by atoms with Crippen molar-refractivity contribution in [1.82, 2.24) is 5.16 Å². The fraction of sp³-hybridized carbons (Fsp3) is 0.500. The minimum Gasteiger partial charge on any atom is -0.498 e. The van der Waals surface area contributed by atoms with Gasteiger partial charge in [0.05, 0.1) is 0 Å². The molecule has 1 heterocycles. The van der Waals surface area contributed by atoms with Crippen molar-refractivity contribution in [2.45, 2.75) is 26.2 Å². The maximum absolute atomic E-state index is 9.79. The van der Waals surface area contributed by atoms with Gasteiger partial charge >= 0.3 is 6.07 Å². The van der Waals surface area contributed by atoms with Crippen molar-refractivity contribution < 1.29 is 4.52 Å². The molecule has 1 rings (SSSR count). The molecule has 0 unspecified atom stereocenters. The summed E-state index contributed by atoms with van der Waals surface area (Å²) >= 11 is 0. The molecule has 0 aliphatic carbocycles. The van der Waals surface area contributed by atoms with Gasteiger partial charge < -0.3 is 9.73 Å². The molecule has 4 nitrogen and oxygen atoms in total. The van der Waals surface area contributed by atoms with E-state index in [1.165, 1.54) is 0 Å². The molecule has 1 aromatic rings. The molecule has 0 amide bonds. The minimum absolute atomic E-state index is 0.101. The van der Waals surface area contributed by atoms with Crippen molar-refractivity contribution in [3.05, 3.63) is 27.7 Å². The molecule has 0 spiro atoms. The van der Waals surface area contributed by atoms with Gasteiger partial charge in [0.1, 0.15) is 5.76 Å². The fourth-order valence-corrected chi connectivity index (χ4v) is 0.728. The molecule has 0 N–H and O–H groups in total. The van der Waals surface area contributed by atoms with Crippen LogP contribution in [0.15, 0.2) is 10.6 Å². The van der Waals surface area contributed by atoms with Crippen LogP contribution in [0.4, 0.5) is 0 Å². The van der Waals surface area contributed by atoms with Gasteiger partial charge in [-0.2, -0.15) is 0 Å². The Bertz CT molecular complexity index is 325. The predicted octanol–water partition coefficient (Wildman–Crippen LogP) is 2.15. The van der Waals surface area contributed by atoms with E-state index in [4.69, 9.17) is 4.52 Å². The molecule has 0 radical (unpaired) electrons. The number of hydrogen-bond donors (Lipinski definition) is 0. The molecule has 0 aliphatic heterocycles. The highest BCUT2D eigenvalue weighted by molar-refractivity contribution is 5.26. The molecule has 0 saturated heterocycles. The van der Waals surface area contributed by atoms with Crippen molar-refractivity contribution in [1.29, 1.82) is 0 Å². The minimum atomic E-state index is -0.101. The molecule has 64 valence electrons. The van der Waals surface area contributed by atoms with Crippen LogP contribution in [0.2, 0.25) is 0 Å². The summed E-state index contributed by atoms with van der Waals surface area (Å²) in [5, 5.41) is 15.9. The van der Waals surface area contributed by atoms with Gasteiger partial charge in [0.25, 0.3) is 0 Å². The fourth-order valence-electron chi connectivity index (χ4n) is 0.728. The van der Waals surface area contributed by atoms with Crippen LogP contribution in [-0.4, -0.2) is 5.16 Å². The van der Waals surface area contributed by atoms with Crippen LogP contribution in [0, 0.1) is 11.3 Å². The lowest BCUT2D eigenvalue weighted by molar-refractivity contribution is 0.328. The average Bonchev–Trinajstić information content (AvgIpc) is 2.35. The molecular weight excluding hydrogens is 156 g/mol. The van der Waals surface area contributed by atoms with Crippen molar-refractivity contribution in [2.24, 2.45) is 0 Å². The monoisotopic (exact) mass is 166 g/mol. The zero-order valence-corrected chi connectivity index (χ0v) is 7.29. The highest BCUT2D eigenvalue weighted by Crippen LogP contribution is 2.22. The van der Waals surface area contributed by atoms with Crippen LogP contribution >= 0.6 is 0 Å². The van der Waals surface area contributed by atoms with Crippen molar-refractivity contribution in [3.8, 4) is 6.07 Å². The molecule has 12 heavy (non-hydrogen) atoms. The first kappa shape index (κ1) is 8.60. The molecule has 4 heteroatoms. The quantitative estimate of drug-likeness (QED) is 0.555. The van der Waals surface area contributed by atoms with E-state index in [1.807, 2.05) is 20.8 Å². The second kappa shape index (κ2) is 2.86. The van der Waals surface area contributed by atoms with Crippen molar-refractivity contribution in [3.63, 3.8) is 0 Å². The van der Waals surface area contributed by atoms with E-state index in [2.05, 4.69) is 16.2 Å². The maximum atomic E-state index is 9.79. The lowest BCUT2D eigenvalue weighted by atomic mass is 9.93. The van der Waals surface area contributed by atoms with Gasteiger partial charge in [0, 0.05) is 16.5 Å². The highest BCUT2D eigenvalue weighted by atomic mass is 16.5. The average molecular weight is 166 g/mol. The maximum Gasteiger partial charge on any atom is 0.360 e. The van der Waals surface area contributed by atoms with E-state index in [9.17, 15) is 5.21 Å². The summed E-state index contributed by atoms with van der Waals surface area (Å²) in [6.07, 6.45) is 0. The van der Waals surface area contributed by atoms with Crippen LogP contribution < -0.4 is 0 Å². The number of rotatable bonds is 0. The molecular formula is C8H10N2O2. The Kier molecular flexibility index (Phi) is 2.05. The second-order valence-electron chi connectivity index (χ2n) is 3.53. The smallest absolute Gasteiger partial charge is 0.360 e. The first-order valence-corrected chi connectivity index (χ1v) is 3.59. The SMILES string of the molecule is CC(C)(C)c1cc(C#[N+][O-])no1. The third kappa shape index (κ3) is 1.76. The number of aromatic nitrogens is 1. The lowest BCUT2D eigenvalue weighted by Gasteiger charge is -2.11. The largest absolute Gasteiger partial charge is 0.498 e. The predicted molar refractivity (Wildman–Crippen MR) is 44.9 cm³/mol. The lowest BCUT2D eigenvalue weighted by Crippen LogP contribution is -2.09. The van der Waals surface area contributed by atoms with Crippen molar-refractivity contribution >= 4 is 0 Å². The van der Waals surface area contributed by atoms with Crippen molar-refractivity contribution in [2.75, 3.05) is 0 Å². The van der Waals surface area contributed by atoms with E-state index in [0.29, 0.717) is 11.5 Å². The van der Waals surface area contributed by atoms with Gasteiger partial charge in [0.15, 0.2) is 0 Å². The van der Waals surface area contributed by atoms with Gasteiger partial charge in [-0.3, -0.25) is 0 Å². The Morgan fingerprint density at radius 1 is 1.58 bits per heavy atom. The standard InChI is InChI=1S/C8H10N2O2/c1-8(2,3)7-4-6(5-9-11)10-12-7/h4H,1-3H3. The van der Waals surface area contributed by atoms with Crippen LogP contribution in [0.3, 0.4) is 0 Å². The van der Waals surface area contributed by atoms with Crippen LogP contribution in [-0.2, 0) is 5.41 Å². The topological polar surface area (TPSA) is 53.5 Å². The third-order valence-corrected chi connectivity index (χ3v) is 1.41. The molecule has 0 saturated carbocycles. The summed E-state index contributed by atoms with van der Waals surface area (Å²) in [5.41, 5.74) is 0.241. The Balaban J connectivity index is 2.97. The Hall–Kier alpha value is -1.50. The second-order valence-corrected chi connectivity index (χ2v) is 3.53. The molecule has 1 aromatic heterocycles. The summed E-state index contributed by atoms with van der Waals surface area (Å²) in [5.74, 6) is 0.716. The Morgan fingerprint density at radius 3 is 2.67 bits per heavy atom. The summed E-state index contributed by atoms with van der Waals surface area (Å²) in [6, 6.07) is 3.82. The molecule has 0 atom stereocenters. The van der Waals surface area contributed by atoms with E-state index in [-0.39, 0.29) is 5.41 Å². The number of hydrogen-bond acceptors (Lipinski definition) is 3. The first-order chi connectivity index (χ1) is 5.54. The highest BCUT2D eigenvalue weighted by Gasteiger charge is 2.20. The summed E-state index contributed by atoms with van der Waals surface area (Å²) in [4.78, 5) is 0. The zero-order valence-electron chi connectivity index (χ0n) is 7.29. The first-order valence-electron chi connectivity index (χ1n) is 3.59. The molecule has 0 fully saturated rings. The van der Waals surface area contributed by atoms with Gasteiger partial charge in [0.2, 0.25) is 5.69 Å². The van der Waals surface area contributed by atoms with E-state index in [0.717, 1.165) is 0 Å². The van der Waals surface area contributed by atoms with E-state index < -0.39 is 0 Å². The summed E-state index contributed by atoms with van der Waals surface area (Å²) < 4.78 is 4.97. The summed E-state index contributed by atoms with van der Waals surface area (Å²) in [6.45, 7) is 5.98. The van der Waals surface area contributed by atoms with Gasteiger partial charge in [-0.25, -0.2) is 0 Å². The normalized spacial score (nSPS) is 10.6. The van der Waals surface area contributed by atoms with Crippen LogP contribution in [0.25, 0.3) is 5.01 Å². The summed E-state index contributed by atoms with van der Waals surface area (Å²) in [7, 11) is 0. The molecule has 0 bridgehead atoms. The Labute approximate surface area is 70.6 Å². The van der Waals surface area contributed by atoms with Gasteiger partial charge in [-0.15, -0.1) is 0 Å². The molecule has 0 aliphatic rings. The van der Waals surface area contributed by atoms with Gasteiger partial charge in [-0.1, -0.05) is 25.9 Å². The molecule has 0 aromatic carbocycles. The number of nitrogens with zero attached hydrogens (tertiary/aromatic N) is 2. The Morgan fingerprint density at radius 2 is 2.25 bits per heavy atom. The zero-order chi connectivity index (χ0) is 9.19.